The molecule has 0 saturated heterocycles. The lowest BCUT2D eigenvalue weighted by atomic mass is 10.2. The predicted octanol–water partition coefficient (Wildman–Crippen LogP) is 1.05. The molecule has 0 aromatic heterocycles. The second kappa shape index (κ2) is 6.40. The zero-order valence-electron chi connectivity index (χ0n) is 9.37. The van der Waals surface area contributed by atoms with Crippen LogP contribution in [0.15, 0.2) is 0 Å². The molecule has 0 aromatic rings. The fourth-order valence-corrected chi connectivity index (χ4v) is 1.04. The largest absolute Gasteiger partial charge is 0.466 e. The summed E-state index contributed by atoms with van der Waals surface area (Å²) in [5.41, 5.74) is 0. The Labute approximate surface area is 85.2 Å². The van der Waals surface area contributed by atoms with Crippen LogP contribution in [0, 0.1) is 5.92 Å². The summed E-state index contributed by atoms with van der Waals surface area (Å²) in [6.07, 6.45) is 0.267. The third-order valence-electron chi connectivity index (χ3n) is 1.83. The van der Waals surface area contributed by atoms with Crippen molar-refractivity contribution in [3.05, 3.63) is 0 Å². The van der Waals surface area contributed by atoms with Crippen molar-refractivity contribution < 1.29 is 14.3 Å². The summed E-state index contributed by atoms with van der Waals surface area (Å²) in [7, 11) is 1.70. The highest BCUT2D eigenvalue weighted by atomic mass is 16.5. The number of rotatable bonds is 5. The van der Waals surface area contributed by atoms with Crippen molar-refractivity contribution in [3.8, 4) is 0 Å². The molecule has 14 heavy (non-hydrogen) atoms. The summed E-state index contributed by atoms with van der Waals surface area (Å²) in [6, 6.07) is 0. The molecule has 0 aliphatic rings. The maximum absolute atomic E-state index is 11.4. The quantitative estimate of drug-likeness (QED) is 0.625. The lowest BCUT2D eigenvalue weighted by Gasteiger charge is -2.18. The highest BCUT2D eigenvalue weighted by Gasteiger charge is 2.13. The SMILES string of the molecule is CCOC(=O)CCN(C)C(=O)C(C)C. The average Bonchev–Trinajstić information content (AvgIpc) is 2.13. The van der Waals surface area contributed by atoms with E-state index in [2.05, 4.69) is 0 Å². The minimum Gasteiger partial charge on any atom is -0.466 e. The van der Waals surface area contributed by atoms with Gasteiger partial charge in [-0.2, -0.15) is 0 Å². The lowest BCUT2D eigenvalue weighted by Crippen LogP contribution is -2.32. The summed E-state index contributed by atoms with van der Waals surface area (Å²) < 4.78 is 4.76. The van der Waals surface area contributed by atoms with Crippen molar-refractivity contribution >= 4 is 11.9 Å². The summed E-state index contributed by atoms with van der Waals surface area (Å²) in [5.74, 6) is -0.229. The first kappa shape index (κ1) is 12.9. The Morgan fingerprint density at radius 2 is 1.93 bits per heavy atom. The minimum atomic E-state index is -0.254. The van der Waals surface area contributed by atoms with E-state index in [0.29, 0.717) is 13.2 Å². The van der Waals surface area contributed by atoms with Crippen molar-refractivity contribution in [2.75, 3.05) is 20.2 Å². The smallest absolute Gasteiger partial charge is 0.307 e. The van der Waals surface area contributed by atoms with Gasteiger partial charge in [-0.25, -0.2) is 0 Å². The third-order valence-corrected chi connectivity index (χ3v) is 1.83. The first-order valence-electron chi connectivity index (χ1n) is 4.89. The lowest BCUT2D eigenvalue weighted by molar-refractivity contribution is -0.144. The van der Waals surface area contributed by atoms with Crippen molar-refractivity contribution in [2.45, 2.75) is 27.2 Å². The van der Waals surface area contributed by atoms with Gasteiger partial charge in [0.25, 0.3) is 0 Å². The number of amides is 1. The molecule has 0 aromatic carbocycles. The second-order valence-corrected chi connectivity index (χ2v) is 3.47. The van der Waals surface area contributed by atoms with Gasteiger partial charge in [0.1, 0.15) is 0 Å². The van der Waals surface area contributed by atoms with Gasteiger partial charge in [-0.1, -0.05) is 13.8 Å². The van der Waals surface area contributed by atoms with Gasteiger partial charge in [0.05, 0.1) is 13.0 Å². The number of nitrogens with zero attached hydrogens (tertiary/aromatic N) is 1. The number of ether oxygens (including phenoxy) is 1. The van der Waals surface area contributed by atoms with E-state index in [1.165, 1.54) is 0 Å². The molecule has 0 aliphatic heterocycles. The molecule has 0 N–H and O–H groups in total. The standard InChI is InChI=1S/C10H19NO3/c1-5-14-9(12)6-7-11(4)10(13)8(2)3/h8H,5-7H2,1-4H3. The van der Waals surface area contributed by atoms with Crippen molar-refractivity contribution in [2.24, 2.45) is 5.92 Å². The molecule has 1 amide bonds. The topological polar surface area (TPSA) is 46.6 Å². The number of carbonyl (C=O) groups is 2. The zero-order chi connectivity index (χ0) is 11.1. The Bertz CT molecular complexity index is 202. The molecular formula is C10H19NO3. The molecule has 0 rings (SSSR count). The zero-order valence-corrected chi connectivity index (χ0v) is 9.37. The second-order valence-electron chi connectivity index (χ2n) is 3.47. The number of hydrogen-bond donors (Lipinski definition) is 0. The monoisotopic (exact) mass is 201 g/mol. The Kier molecular flexibility index (Phi) is 5.92. The normalized spacial score (nSPS) is 10.1. The van der Waals surface area contributed by atoms with Crippen LogP contribution in [0.5, 0.6) is 0 Å². The van der Waals surface area contributed by atoms with Crippen LogP contribution < -0.4 is 0 Å². The van der Waals surface area contributed by atoms with Crippen molar-refractivity contribution in [1.82, 2.24) is 4.90 Å². The maximum atomic E-state index is 11.4. The molecular weight excluding hydrogens is 182 g/mol. The van der Waals surface area contributed by atoms with Crippen molar-refractivity contribution in [1.29, 1.82) is 0 Å². The van der Waals surface area contributed by atoms with Crippen LogP contribution in [0.3, 0.4) is 0 Å². The fraction of sp³-hybridized carbons (Fsp3) is 0.800. The average molecular weight is 201 g/mol. The van der Waals surface area contributed by atoms with Gasteiger partial charge in [-0.05, 0) is 6.92 Å². The molecule has 0 radical (unpaired) electrons. The number of esters is 1. The van der Waals surface area contributed by atoms with Gasteiger partial charge in [-0.3, -0.25) is 9.59 Å². The van der Waals surface area contributed by atoms with Gasteiger partial charge < -0.3 is 9.64 Å². The summed E-state index contributed by atoms with van der Waals surface area (Å²) >= 11 is 0. The van der Waals surface area contributed by atoms with Crippen LogP contribution in [0.4, 0.5) is 0 Å². The van der Waals surface area contributed by atoms with Crippen LogP contribution >= 0.6 is 0 Å². The molecule has 4 heteroatoms. The Morgan fingerprint density at radius 3 is 2.36 bits per heavy atom. The molecule has 0 atom stereocenters. The Balaban J connectivity index is 3.79. The Hall–Kier alpha value is -1.06. The predicted molar refractivity (Wildman–Crippen MR) is 53.7 cm³/mol. The van der Waals surface area contributed by atoms with E-state index < -0.39 is 0 Å². The molecule has 0 aliphatic carbocycles. The van der Waals surface area contributed by atoms with E-state index >= 15 is 0 Å². The van der Waals surface area contributed by atoms with Gasteiger partial charge in [0, 0.05) is 19.5 Å². The molecule has 0 unspecified atom stereocenters. The molecule has 0 bridgehead atoms. The molecule has 82 valence electrons. The van der Waals surface area contributed by atoms with E-state index in [4.69, 9.17) is 4.74 Å². The fourth-order valence-electron chi connectivity index (χ4n) is 1.04. The first-order chi connectivity index (χ1) is 6.49. The van der Waals surface area contributed by atoms with Crippen LogP contribution in [-0.2, 0) is 14.3 Å². The summed E-state index contributed by atoms with van der Waals surface area (Å²) in [6.45, 7) is 6.25. The van der Waals surface area contributed by atoms with E-state index in [9.17, 15) is 9.59 Å². The van der Waals surface area contributed by atoms with E-state index in [-0.39, 0.29) is 24.2 Å². The van der Waals surface area contributed by atoms with Crippen LogP contribution in [0.2, 0.25) is 0 Å². The van der Waals surface area contributed by atoms with E-state index in [0.717, 1.165) is 0 Å². The molecule has 0 heterocycles. The van der Waals surface area contributed by atoms with Crippen molar-refractivity contribution in [3.63, 3.8) is 0 Å². The molecule has 4 nitrogen and oxygen atoms in total. The summed E-state index contributed by atoms with van der Waals surface area (Å²) in [5, 5.41) is 0. The highest BCUT2D eigenvalue weighted by Crippen LogP contribution is 2.00. The minimum absolute atomic E-state index is 0.0257. The molecule has 0 spiro atoms. The highest BCUT2D eigenvalue weighted by molar-refractivity contribution is 5.78. The van der Waals surface area contributed by atoms with E-state index in [1.54, 1.807) is 18.9 Å². The van der Waals surface area contributed by atoms with Gasteiger partial charge >= 0.3 is 5.97 Å². The first-order valence-corrected chi connectivity index (χ1v) is 4.89. The van der Waals surface area contributed by atoms with Crippen LogP contribution in [0.1, 0.15) is 27.2 Å². The summed E-state index contributed by atoms with van der Waals surface area (Å²) in [4.78, 5) is 23.9. The Morgan fingerprint density at radius 1 is 1.36 bits per heavy atom. The number of carbonyl (C=O) groups excluding carboxylic acids is 2. The third kappa shape index (κ3) is 4.84. The molecule has 0 saturated carbocycles. The number of hydrogen-bond acceptors (Lipinski definition) is 3. The van der Waals surface area contributed by atoms with Crippen LogP contribution in [-0.4, -0.2) is 37.0 Å². The van der Waals surface area contributed by atoms with Gasteiger partial charge in [0.2, 0.25) is 5.91 Å². The van der Waals surface area contributed by atoms with Crippen LogP contribution in [0.25, 0.3) is 0 Å². The van der Waals surface area contributed by atoms with Gasteiger partial charge in [0.15, 0.2) is 0 Å². The molecule has 0 fully saturated rings. The van der Waals surface area contributed by atoms with Gasteiger partial charge in [-0.15, -0.1) is 0 Å². The maximum Gasteiger partial charge on any atom is 0.307 e. The van der Waals surface area contributed by atoms with E-state index in [1.807, 2.05) is 13.8 Å².